The van der Waals surface area contributed by atoms with Gasteiger partial charge in [-0.05, 0) is 55.9 Å². The first-order valence-corrected chi connectivity index (χ1v) is 7.96. The second-order valence-corrected chi connectivity index (χ2v) is 7.42. The molecule has 0 amide bonds. The predicted octanol–water partition coefficient (Wildman–Crippen LogP) is 4.54. The van der Waals surface area contributed by atoms with Crippen LogP contribution in [-0.2, 0) is 0 Å². The highest BCUT2D eigenvalue weighted by atomic mass is 14.9. The zero-order valence-corrected chi connectivity index (χ0v) is 12.5. The number of nitrogens with one attached hydrogen (secondary N) is 1. The lowest BCUT2D eigenvalue weighted by molar-refractivity contribution is 0.127. The minimum Gasteiger partial charge on any atom is -0.313 e. The molecule has 0 radical (unpaired) electrons. The zero-order chi connectivity index (χ0) is 13.0. The summed E-state index contributed by atoms with van der Waals surface area (Å²) < 4.78 is 0. The fourth-order valence-electron chi connectivity index (χ4n) is 3.77. The summed E-state index contributed by atoms with van der Waals surface area (Å²) in [5.74, 6) is 1.75. The van der Waals surface area contributed by atoms with E-state index in [2.05, 4.69) is 38.2 Å². The molecule has 2 rings (SSSR count). The second-order valence-electron chi connectivity index (χ2n) is 7.42. The van der Waals surface area contributed by atoms with Gasteiger partial charge >= 0.3 is 0 Å². The summed E-state index contributed by atoms with van der Waals surface area (Å²) in [5.41, 5.74) is 0.463. The van der Waals surface area contributed by atoms with Gasteiger partial charge in [-0.2, -0.15) is 0 Å². The maximum Gasteiger partial charge on any atom is 0.0100 e. The zero-order valence-electron chi connectivity index (χ0n) is 12.5. The normalized spacial score (nSPS) is 33.6. The van der Waals surface area contributed by atoms with Gasteiger partial charge in [-0.25, -0.2) is 0 Å². The summed E-state index contributed by atoms with van der Waals surface area (Å²) in [5, 5.41) is 3.91. The minimum atomic E-state index is 0.463. The van der Waals surface area contributed by atoms with Crippen molar-refractivity contribution in [3.8, 4) is 0 Å². The topological polar surface area (TPSA) is 12.0 Å². The molecule has 0 saturated heterocycles. The summed E-state index contributed by atoms with van der Waals surface area (Å²) in [6.45, 7) is 8.49. The van der Waals surface area contributed by atoms with Crippen LogP contribution >= 0.6 is 0 Å². The Morgan fingerprint density at radius 2 is 1.83 bits per heavy atom. The lowest BCUT2D eigenvalue weighted by atomic mass is 9.69. The monoisotopic (exact) mass is 249 g/mol. The molecule has 0 spiro atoms. The Hall–Kier alpha value is -0.300. The van der Waals surface area contributed by atoms with Crippen molar-refractivity contribution in [3.05, 3.63) is 12.2 Å². The Morgan fingerprint density at radius 3 is 2.50 bits per heavy atom. The van der Waals surface area contributed by atoms with E-state index in [4.69, 9.17) is 0 Å². The van der Waals surface area contributed by atoms with Crippen molar-refractivity contribution < 1.29 is 0 Å². The van der Waals surface area contributed by atoms with Crippen LogP contribution in [0.15, 0.2) is 12.2 Å². The highest BCUT2D eigenvalue weighted by Gasteiger charge is 2.33. The lowest BCUT2D eigenvalue weighted by Crippen LogP contribution is -2.45. The van der Waals surface area contributed by atoms with Crippen LogP contribution in [0.25, 0.3) is 0 Å². The molecule has 2 aliphatic rings. The Bertz CT molecular complexity index is 274. The van der Waals surface area contributed by atoms with Gasteiger partial charge in [-0.3, -0.25) is 0 Å². The van der Waals surface area contributed by atoms with E-state index < -0.39 is 0 Å². The molecule has 1 saturated carbocycles. The fourth-order valence-corrected chi connectivity index (χ4v) is 3.77. The van der Waals surface area contributed by atoms with Crippen LogP contribution in [0.1, 0.15) is 65.7 Å². The number of hydrogen-bond donors (Lipinski definition) is 1. The van der Waals surface area contributed by atoms with Gasteiger partial charge in [-0.1, -0.05) is 45.8 Å². The minimum absolute atomic E-state index is 0.463. The highest BCUT2D eigenvalue weighted by Crippen LogP contribution is 2.38. The third kappa shape index (κ3) is 3.85. The molecule has 104 valence electrons. The van der Waals surface area contributed by atoms with Gasteiger partial charge in [0.2, 0.25) is 0 Å². The first-order valence-electron chi connectivity index (χ1n) is 7.96. The van der Waals surface area contributed by atoms with Crippen LogP contribution in [0.2, 0.25) is 0 Å². The molecule has 1 N–H and O–H groups in total. The lowest BCUT2D eigenvalue weighted by Gasteiger charge is -2.41. The second kappa shape index (κ2) is 6.23. The predicted molar refractivity (Wildman–Crippen MR) is 79.7 cm³/mol. The molecule has 18 heavy (non-hydrogen) atoms. The van der Waals surface area contributed by atoms with Crippen LogP contribution in [0.4, 0.5) is 0 Å². The Balaban J connectivity index is 1.83. The van der Waals surface area contributed by atoms with Gasteiger partial charge in [0.25, 0.3) is 0 Å². The van der Waals surface area contributed by atoms with Crippen LogP contribution in [0.3, 0.4) is 0 Å². The third-order valence-corrected chi connectivity index (χ3v) is 4.92. The molecule has 1 fully saturated rings. The summed E-state index contributed by atoms with van der Waals surface area (Å²) in [6, 6.07) is 0.768. The molecule has 0 aromatic carbocycles. The first kappa shape index (κ1) is 14.1. The summed E-state index contributed by atoms with van der Waals surface area (Å²) in [6.07, 6.45) is 14.4. The number of rotatable bonds is 3. The van der Waals surface area contributed by atoms with E-state index in [0.29, 0.717) is 5.41 Å². The van der Waals surface area contributed by atoms with Gasteiger partial charge < -0.3 is 5.32 Å². The quantitative estimate of drug-likeness (QED) is 0.724. The Labute approximate surface area is 113 Å². The van der Waals surface area contributed by atoms with Crippen molar-refractivity contribution in [3.63, 3.8) is 0 Å². The van der Waals surface area contributed by atoms with Crippen LogP contribution < -0.4 is 5.32 Å². The standard InChI is InChI=1S/C17H31N/c1-17(2,3)15-11-7-8-12-16(15)18-13-14-9-5-4-6-10-14/h4-5,14-16,18H,6-13H2,1-3H3. The molecule has 0 aliphatic heterocycles. The van der Waals surface area contributed by atoms with Gasteiger partial charge in [0.15, 0.2) is 0 Å². The van der Waals surface area contributed by atoms with Gasteiger partial charge in [-0.15, -0.1) is 0 Å². The molecular formula is C17H31N. The Kier molecular flexibility index (Phi) is 4.89. The molecule has 0 aromatic heterocycles. The third-order valence-electron chi connectivity index (χ3n) is 4.92. The van der Waals surface area contributed by atoms with Crippen LogP contribution in [0.5, 0.6) is 0 Å². The average Bonchev–Trinajstić information content (AvgIpc) is 2.37. The van der Waals surface area contributed by atoms with E-state index >= 15 is 0 Å². The molecule has 0 heterocycles. The van der Waals surface area contributed by atoms with E-state index in [0.717, 1.165) is 17.9 Å². The van der Waals surface area contributed by atoms with E-state index in [9.17, 15) is 0 Å². The van der Waals surface area contributed by atoms with E-state index in [1.807, 2.05) is 0 Å². The molecule has 1 heteroatoms. The molecule has 0 aromatic rings. The summed E-state index contributed by atoms with van der Waals surface area (Å²) in [4.78, 5) is 0. The van der Waals surface area contributed by atoms with Crippen molar-refractivity contribution in [2.45, 2.75) is 71.8 Å². The van der Waals surface area contributed by atoms with E-state index in [-0.39, 0.29) is 0 Å². The van der Waals surface area contributed by atoms with Gasteiger partial charge in [0, 0.05) is 6.04 Å². The molecule has 1 nitrogen and oxygen atoms in total. The Morgan fingerprint density at radius 1 is 1.06 bits per heavy atom. The van der Waals surface area contributed by atoms with Crippen LogP contribution in [-0.4, -0.2) is 12.6 Å². The van der Waals surface area contributed by atoms with Crippen molar-refractivity contribution in [2.24, 2.45) is 17.3 Å². The van der Waals surface area contributed by atoms with Crippen LogP contribution in [0, 0.1) is 17.3 Å². The first-order chi connectivity index (χ1) is 8.57. The van der Waals surface area contributed by atoms with Crippen molar-refractivity contribution in [1.29, 1.82) is 0 Å². The highest BCUT2D eigenvalue weighted by molar-refractivity contribution is 4.92. The smallest absolute Gasteiger partial charge is 0.0100 e. The average molecular weight is 249 g/mol. The summed E-state index contributed by atoms with van der Waals surface area (Å²) in [7, 11) is 0. The maximum absolute atomic E-state index is 3.91. The number of hydrogen-bond acceptors (Lipinski definition) is 1. The molecular weight excluding hydrogens is 218 g/mol. The largest absolute Gasteiger partial charge is 0.313 e. The van der Waals surface area contributed by atoms with E-state index in [1.165, 1.54) is 51.5 Å². The fraction of sp³-hybridized carbons (Fsp3) is 0.882. The molecule has 3 atom stereocenters. The van der Waals surface area contributed by atoms with Gasteiger partial charge in [0.1, 0.15) is 0 Å². The molecule has 3 unspecified atom stereocenters. The summed E-state index contributed by atoms with van der Waals surface area (Å²) >= 11 is 0. The molecule has 2 aliphatic carbocycles. The van der Waals surface area contributed by atoms with Crippen molar-refractivity contribution >= 4 is 0 Å². The number of allylic oxidation sites excluding steroid dienone is 2. The van der Waals surface area contributed by atoms with E-state index in [1.54, 1.807) is 0 Å². The molecule has 0 bridgehead atoms. The van der Waals surface area contributed by atoms with Crippen molar-refractivity contribution in [1.82, 2.24) is 5.32 Å². The van der Waals surface area contributed by atoms with Crippen molar-refractivity contribution in [2.75, 3.05) is 6.54 Å². The maximum atomic E-state index is 3.91. The van der Waals surface area contributed by atoms with Gasteiger partial charge in [0.05, 0.1) is 0 Å². The SMILES string of the molecule is CC(C)(C)C1CCCCC1NCC1CC=CCC1.